The van der Waals surface area contributed by atoms with E-state index >= 15 is 0 Å². The molecule has 0 N–H and O–H groups in total. The van der Waals surface area contributed by atoms with Gasteiger partial charge < -0.3 is 28.4 Å². The molecule has 0 saturated carbocycles. The SMILES string of the molecule is C=Cc1ccc(OCOCOC)cc1-c1c(C(=C)C(=O)OC)ccc(OC)c1OC. The van der Waals surface area contributed by atoms with Crippen molar-refractivity contribution in [3.63, 3.8) is 0 Å². The van der Waals surface area contributed by atoms with Gasteiger partial charge in [0, 0.05) is 18.2 Å². The predicted molar refractivity (Wildman–Crippen MR) is 115 cm³/mol. The van der Waals surface area contributed by atoms with E-state index in [1.807, 2.05) is 6.07 Å². The van der Waals surface area contributed by atoms with Crippen LogP contribution in [0.4, 0.5) is 0 Å². The number of ether oxygens (including phenoxy) is 6. The van der Waals surface area contributed by atoms with Gasteiger partial charge in [-0.15, -0.1) is 0 Å². The van der Waals surface area contributed by atoms with Crippen LogP contribution in [-0.4, -0.2) is 48.0 Å². The second-order valence-corrected chi connectivity index (χ2v) is 6.02. The van der Waals surface area contributed by atoms with Gasteiger partial charge >= 0.3 is 5.97 Å². The summed E-state index contributed by atoms with van der Waals surface area (Å²) >= 11 is 0. The maximum atomic E-state index is 12.2. The molecule has 0 spiro atoms. The lowest BCUT2D eigenvalue weighted by Crippen LogP contribution is -2.07. The maximum absolute atomic E-state index is 12.2. The van der Waals surface area contributed by atoms with Gasteiger partial charge in [0.1, 0.15) is 12.5 Å². The average molecular weight is 414 g/mol. The normalized spacial score (nSPS) is 10.3. The van der Waals surface area contributed by atoms with Crippen molar-refractivity contribution in [3.8, 4) is 28.4 Å². The number of hydrogen-bond acceptors (Lipinski definition) is 7. The van der Waals surface area contributed by atoms with E-state index in [-0.39, 0.29) is 19.2 Å². The summed E-state index contributed by atoms with van der Waals surface area (Å²) in [5, 5.41) is 0. The maximum Gasteiger partial charge on any atom is 0.337 e. The minimum atomic E-state index is -0.552. The van der Waals surface area contributed by atoms with Crippen LogP contribution >= 0.6 is 0 Å². The summed E-state index contributed by atoms with van der Waals surface area (Å²) in [6, 6.07) is 8.88. The van der Waals surface area contributed by atoms with Crippen molar-refractivity contribution in [2.24, 2.45) is 0 Å². The summed E-state index contributed by atoms with van der Waals surface area (Å²) in [5.41, 5.74) is 2.83. The Hall–Kier alpha value is -3.29. The number of carbonyl (C=O) groups excluding carboxylic acids is 1. The van der Waals surface area contributed by atoms with Gasteiger partial charge in [-0.05, 0) is 35.4 Å². The molecule has 2 rings (SSSR count). The lowest BCUT2D eigenvalue weighted by molar-refractivity contribution is -0.133. The molecule has 0 amide bonds. The van der Waals surface area contributed by atoms with Crippen molar-refractivity contribution in [2.45, 2.75) is 0 Å². The molecule has 0 aliphatic heterocycles. The molecule has 0 radical (unpaired) electrons. The summed E-state index contributed by atoms with van der Waals surface area (Å²) in [7, 11) is 5.90. The molecule has 0 atom stereocenters. The van der Waals surface area contributed by atoms with Crippen LogP contribution in [0, 0.1) is 0 Å². The van der Waals surface area contributed by atoms with Gasteiger partial charge in [0.25, 0.3) is 0 Å². The second kappa shape index (κ2) is 11.0. The summed E-state index contributed by atoms with van der Waals surface area (Å²) < 4.78 is 31.6. The van der Waals surface area contributed by atoms with E-state index in [2.05, 4.69) is 13.2 Å². The molecule has 2 aromatic rings. The first-order valence-corrected chi connectivity index (χ1v) is 9.01. The van der Waals surface area contributed by atoms with Gasteiger partial charge in [0.2, 0.25) is 0 Å². The van der Waals surface area contributed by atoms with Crippen molar-refractivity contribution >= 4 is 17.6 Å². The molecular weight excluding hydrogens is 388 g/mol. The number of rotatable bonds is 11. The Morgan fingerprint density at radius 1 is 1.03 bits per heavy atom. The third-order valence-corrected chi connectivity index (χ3v) is 4.33. The molecule has 30 heavy (non-hydrogen) atoms. The molecule has 0 heterocycles. The van der Waals surface area contributed by atoms with E-state index in [0.717, 1.165) is 5.56 Å². The molecule has 160 valence electrons. The summed E-state index contributed by atoms with van der Waals surface area (Å²) in [5.74, 6) is 0.935. The van der Waals surface area contributed by atoms with Crippen molar-refractivity contribution in [3.05, 3.63) is 54.6 Å². The van der Waals surface area contributed by atoms with Crippen LogP contribution in [-0.2, 0) is 19.0 Å². The quantitative estimate of drug-likeness (QED) is 0.237. The Morgan fingerprint density at radius 3 is 2.40 bits per heavy atom. The van der Waals surface area contributed by atoms with Crippen LogP contribution in [0.25, 0.3) is 22.8 Å². The summed E-state index contributed by atoms with van der Waals surface area (Å²) in [6.45, 7) is 7.91. The van der Waals surface area contributed by atoms with Crippen molar-refractivity contribution in [1.29, 1.82) is 0 Å². The highest BCUT2D eigenvalue weighted by Crippen LogP contribution is 2.45. The highest BCUT2D eigenvalue weighted by atomic mass is 16.7. The number of benzene rings is 2. The summed E-state index contributed by atoms with van der Waals surface area (Å²) in [6.07, 6.45) is 1.70. The van der Waals surface area contributed by atoms with Crippen LogP contribution in [0.3, 0.4) is 0 Å². The number of methoxy groups -OCH3 is 4. The Morgan fingerprint density at radius 2 is 1.80 bits per heavy atom. The van der Waals surface area contributed by atoms with Crippen LogP contribution < -0.4 is 14.2 Å². The topological polar surface area (TPSA) is 72.5 Å². The molecule has 7 heteroatoms. The predicted octanol–water partition coefficient (Wildman–Crippen LogP) is 4.16. The zero-order valence-corrected chi connectivity index (χ0v) is 17.7. The zero-order chi connectivity index (χ0) is 22.1. The van der Waals surface area contributed by atoms with Gasteiger partial charge in [0.15, 0.2) is 18.3 Å². The largest absolute Gasteiger partial charge is 0.493 e. The van der Waals surface area contributed by atoms with Crippen LogP contribution in [0.15, 0.2) is 43.5 Å². The lowest BCUT2D eigenvalue weighted by atomic mass is 9.90. The minimum Gasteiger partial charge on any atom is -0.493 e. The third-order valence-electron chi connectivity index (χ3n) is 4.33. The van der Waals surface area contributed by atoms with Gasteiger partial charge in [-0.2, -0.15) is 0 Å². The Labute approximate surface area is 176 Å². The van der Waals surface area contributed by atoms with Crippen LogP contribution in [0.1, 0.15) is 11.1 Å². The highest BCUT2D eigenvalue weighted by molar-refractivity contribution is 6.18. The molecule has 0 aliphatic carbocycles. The van der Waals surface area contributed by atoms with E-state index in [1.165, 1.54) is 28.4 Å². The first-order chi connectivity index (χ1) is 14.5. The minimum absolute atomic E-state index is 0.0116. The van der Waals surface area contributed by atoms with E-state index in [0.29, 0.717) is 33.9 Å². The van der Waals surface area contributed by atoms with Crippen LogP contribution in [0.5, 0.6) is 17.2 Å². The average Bonchev–Trinajstić information content (AvgIpc) is 2.79. The molecule has 0 fully saturated rings. The molecule has 0 aliphatic rings. The van der Waals surface area contributed by atoms with E-state index < -0.39 is 5.97 Å². The van der Waals surface area contributed by atoms with Crippen LogP contribution in [0.2, 0.25) is 0 Å². The monoisotopic (exact) mass is 414 g/mol. The zero-order valence-electron chi connectivity index (χ0n) is 17.7. The first-order valence-electron chi connectivity index (χ1n) is 9.01. The van der Waals surface area contributed by atoms with Crippen molar-refractivity contribution in [2.75, 3.05) is 42.0 Å². The standard InChI is InChI=1S/C23H26O7/c1-7-16-8-9-17(30-14-29-13-25-3)12-19(16)21-18(15(2)23(24)28-6)10-11-20(26-4)22(21)27-5/h7-12H,1-2,13-14H2,3-6H3. The smallest absolute Gasteiger partial charge is 0.337 e. The Bertz CT molecular complexity index is 918. The summed E-state index contributed by atoms with van der Waals surface area (Å²) in [4.78, 5) is 12.2. The highest BCUT2D eigenvalue weighted by Gasteiger charge is 2.23. The van der Waals surface area contributed by atoms with E-state index in [1.54, 1.807) is 30.3 Å². The number of esters is 1. The molecule has 2 aromatic carbocycles. The fourth-order valence-electron chi connectivity index (χ4n) is 2.93. The molecule has 0 bridgehead atoms. The van der Waals surface area contributed by atoms with Gasteiger partial charge in [0.05, 0.1) is 26.9 Å². The molecule has 0 unspecified atom stereocenters. The molecular formula is C23H26O7. The molecule has 0 saturated heterocycles. The second-order valence-electron chi connectivity index (χ2n) is 6.02. The van der Waals surface area contributed by atoms with Gasteiger partial charge in [-0.3, -0.25) is 0 Å². The molecule has 0 aromatic heterocycles. The van der Waals surface area contributed by atoms with Crippen molar-refractivity contribution < 1.29 is 33.2 Å². The third kappa shape index (κ3) is 5.00. The molecule has 7 nitrogen and oxygen atoms in total. The lowest BCUT2D eigenvalue weighted by Gasteiger charge is -2.20. The van der Waals surface area contributed by atoms with Gasteiger partial charge in [-0.25, -0.2) is 4.79 Å². The first kappa shape index (κ1) is 23.0. The van der Waals surface area contributed by atoms with E-state index in [9.17, 15) is 4.79 Å². The Kier molecular flexibility index (Phi) is 8.46. The number of carbonyl (C=O) groups is 1. The fraction of sp³-hybridized carbons (Fsp3) is 0.261. The van der Waals surface area contributed by atoms with Gasteiger partial charge in [-0.1, -0.05) is 25.3 Å². The number of hydrogen-bond donors (Lipinski definition) is 0. The Balaban J connectivity index is 2.68. The fourth-order valence-corrected chi connectivity index (χ4v) is 2.93. The van der Waals surface area contributed by atoms with E-state index in [4.69, 9.17) is 28.4 Å². The van der Waals surface area contributed by atoms with Crippen molar-refractivity contribution in [1.82, 2.24) is 0 Å².